The van der Waals surface area contributed by atoms with Crippen molar-refractivity contribution in [3.05, 3.63) is 12.2 Å². The fourth-order valence-electron chi connectivity index (χ4n) is 3.37. The molecular weight excluding hydrogens is 164 g/mol. The van der Waals surface area contributed by atoms with Crippen molar-refractivity contribution in [1.29, 1.82) is 0 Å². The molecule has 0 saturated heterocycles. The zero-order valence-corrected chi connectivity index (χ0v) is 7.40. The van der Waals surface area contributed by atoms with Gasteiger partial charge in [0, 0.05) is 18.3 Å². The third kappa shape index (κ3) is 0.835. The molecule has 0 bridgehead atoms. The second-order valence-corrected chi connectivity index (χ2v) is 4.48. The fourth-order valence-corrected chi connectivity index (χ4v) is 3.37. The molecule has 0 aromatic carbocycles. The molecule has 2 nitrogen and oxygen atoms in total. The van der Waals surface area contributed by atoms with Crippen LogP contribution in [0.15, 0.2) is 12.2 Å². The molecule has 4 unspecified atom stereocenters. The Balaban J connectivity index is 1.98. The number of hydrogen-bond donors (Lipinski definition) is 0. The molecular formula is C11H12O2. The number of carbonyl (C=O) groups excluding carboxylic acids is 2. The van der Waals surface area contributed by atoms with Crippen molar-refractivity contribution >= 4 is 11.6 Å². The Morgan fingerprint density at radius 1 is 1.23 bits per heavy atom. The molecule has 0 aromatic rings. The SMILES string of the molecule is O=C1C=CC2CC3CCC(=O)C3C12. The van der Waals surface area contributed by atoms with E-state index in [-0.39, 0.29) is 17.6 Å². The number of fused-ring (bicyclic) bond motifs is 3. The minimum absolute atomic E-state index is 0.0417. The molecule has 3 rings (SSSR count). The van der Waals surface area contributed by atoms with Gasteiger partial charge in [0.15, 0.2) is 5.78 Å². The normalized spacial score (nSPS) is 47.1. The molecule has 13 heavy (non-hydrogen) atoms. The van der Waals surface area contributed by atoms with Crippen LogP contribution in [0.2, 0.25) is 0 Å². The minimum atomic E-state index is 0.0417. The molecule has 3 aliphatic carbocycles. The first-order chi connectivity index (χ1) is 6.27. The van der Waals surface area contributed by atoms with Crippen molar-refractivity contribution in [2.75, 3.05) is 0 Å². The molecule has 0 aliphatic heterocycles. The summed E-state index contributed by atoms with van der Waals surface area (Å²) in [5.74, 6) is 1.60. The molecule has 0 N–H and O–H groups in total. The summed E-state index contributed by atoms with van der Waals surface area (Å²) in [5, 5.41) is 0. The molecule has 0 radical (unpaired) electrons. The number of carbonyl (C=O) groups is 2. The molecule has 0 heterocycles. The van der Waals surface area contributed by atoms with Crippen LogP contribution in [-0.4, -0.2) is 11.6 Å². The Bertz CT molecular complexity index is 316. The summed E-state index contributed by atoms with van der Waals surface area (Å²) in [5.41, 5.74) is 0. The van der Waals surface area contributed by atoms with Crippen molar-refractivity contribution in [2.45, 2.75) is 19.3 Å². The van der Waals surface area contributed by atoms with Gasteiger partial charge in [-0.3, -0.25) is 9.59 Å². The van der Waals surface area contributed by atoms with Crippen LogP contribution in [-0.2, 0) is 9.59 Å². The largest absolute Gasteiger partial charge is 0.299 e. The topological polar surface area (TPSA) is 34.1 Å². The quantitative estimate of drug-likeness (QED) is 0.558. The first-order valence-electron chi connectivity index (χ1n) is 5.02. The van der Waals surface area contributed by atoms with E-state index in [9.17, 15) is 9.59 Å². The predicted molar refractivity (Wildman–Crippen MR) is 47.0 cm³/mol. The monoisotopic (exact) mass is 176 g/mol. The molecule has 68 valence electrons. The predicted octanol–water partition coefficient (Wildman–Crippen LogP) is 1.36. The van der Waals surface area contributed by atoms with Gasteiger partial charge < -0.3 is 0 Å². The highest BCUT2D eigenvalue weighted by molar-refractivity contribution is 5.99. The van der Waals surface area contributed by atoms with Gasteiger partial charge in [0.05, 0.1) is 0 Å². The second-order valence-electron chi connectivity index (χ2n) is 4.48. The summed E-state index contributed by atoms with van der Waals surface area (Å²) in [6, 6.07) is 0. The van der Waals surface area contributed by atoms with E-state index in [2.05, 4.69) is 0 Å². The Labute approximate surface area is 77.0 Å². The van der Waals surface area contributed by atoms with Crippen LogP contribution >= 0.6 is 0 Å². The summed E-state index contributed by atoms with van der Waals surface area (Å²) in [6.07, 6.45) is 6.50. The summed E-state index contributed by atoms with van der Waals surface area (Å²) >= 11 is 0. The number of allylic oxidation sites excluding steroid dienone is 2. The first-order valence-corrected chi connectivity index (χ1v) is 5.02. The van der Waals surface area contributed by atoms with E-state index in [1.807, 2.05) is 6.08 Å². The Morgan fingerprint density at radius 3 is 2.92 bits per heavy atom. The van der Waals surface area contributed by atoms with Gasteiger partial charge in [-0.1, -0.05) is 6.08 Å². The van der Waals surface area contributed by atoms with Crippen molar-refractivity contribution in [3.63, 3.8) is 0 Å². The maximum absolute atomic E-state index is 11.6. The molecule has 4 atom stereocenters. The van der Waals surface area contributed by atoms with Crippen molar-refractivity contribution < 1.29 is 9.59 Å². The summed E-state index contributed by atoms with van der Waals surface area (Å²) in [7, 11) is 0. The van der Waals surface area contributed by atoms with Crippen molar-refractivity contribution in [1.82, 2.24) is 0 Å². The zero-order valence-electron chi connectivity index (χ0n) is 7.40. The Morgan fingerprint density at radius 2 is 2.08 bits per heavy atom. The third-order valence-corrected chi connectivity index (χ3v) is 3.90. The van der Waals surface area contributed by atoms with Gasteiger partial charge in [-0.2, -0.15) is 0 Å². The van der Waals surface area contributed by atoms with E-state index in [1.165, 1.54) is 0 Å². The van der Waals surface area contributed by atoms with Crippen molar-refractivity contribution in [2.24, 2.45) is 23.7 Å². The Hall–Kier alpha value is -0.920. The lowest BCUT2D eigenvalue weighted by Gasteiger charge is -2.13. The second kappa shape index (κ2) is 2.31. The van der Waals surface area contributed by atoms with E-state index < -0.39 is 0 Å². The summed E-state index contributed by atoms with van der Waals surface area (Å²) in [6.45, 7) is 0. The Kier molecular flexibility index (Phi) is 1.33. The maximum atomic E-state index is 11.6. The molecule has 3 aliphatic rings. The van der Waals surface area contributed by atoms with Crippen molar-refractivity contribution in [3.8, 4) is 0 Å². The molecule has 0 spiro atoms. The van der Waals surface area contributed by atoms with Gasteiger partial charge in [0.25, 0.3) is 0 Å². The standard InChI is InChI=1S/C11H12O2/c12-8-3-1-6-5-7-2-4-9(13)11(7)10(6)8/h1,3,6-7,10-11H,2,4-5H2. The molecule has 0 amide bonds. The van der Waals surface area contributed by atoms with Crippen LogP contribution in [0.5, 0.6) is 0 Å². The van der Waals surface area contributed by atoms with Gasteiger partial charge in [-0.05, 0) is 30.8 Å². The van der Waals surface area contributed by atoms with Crippen LogP contribution in [0.25, 0.3) is 0 Å². The van der Waals surface area contributed by atoms with Gasteiger partial charge in [-0.25, -0.2) is 0 Å². The lowest BCUT2D eigenvalue weighted by Crippen LogP contribution is -2.24. The molecule has 2 heteroatoms. The average molecular weight is 176 g/mol. The van der Waals surface area contributed by atoms with Gasteiger partial charge in [0.1, 0.15) is 5.78 Å². The summed E-state index contributed by atoms with van der Waals surface area (Å²) in [4.78, 5) is 23.1. The van der Waals surface area contributed by atoms with E-state index >= 15 is 0 Å². The number of Topliss-reactive ketones (excluding diaryl/α,β-unsaturated/α-hetero) is 1. The highest BCUT2D eigenvalue weighted by Crippen LogP contribution is 2.51. The highest BCUT2D eigenvalue weighted by atomic mass is 16.1. The minimum Gasteiger partial charge on any atom is -0.299 e. The smallest absolute Gasteiger partial charge is 0.159 e. The van der Waals surface area contributed by atoms with E-state index in [0.29, 0.717) is 24.0 Å². The number of ketones is 2. The zero-order chi connectivity index (χ0) is 9.00. The van der Waals surface area contributed by atoms with E-state index in [1.54, 1.807) is 6.08 Å². The van der Waals surface area contributed by atoms with Gasteiger partial charge in [-0.15, -0.1) is 0 Å². The number of rotatable bonds is 0. The first kappa shape index (κ1) is 7.48. The van der Waals surface area contributed by atoms with Crippen LogP contribution in [0.4, 0.5) is 0 Å². The lowest BCUT2D eigenvalue weighted by molar-refractivity contribution is -0.127. The molecule has 0 aromatic heterocycles. The van der Waals surface area contributed by atoms with Crippen LogP contribution in [0.1, 0.15) is 19.3 Å². The third-order valence-electron chi connectivity index (χ3n) is 3.90. The van der Waals surface area contributed by atoms with Crippen LogP contribution in [0.3, 0.4) is 0 Å². The number of hydrogen-bond acceptors (Lipinski definition) is 2. The van der Waals surface area contributed by atoms with E-state index in [0.717, 1.165) is 12.8 Å². The van der Waals surface area contributed by atoms with Crippen LogP contribution < -0.4 is 0 Å². The van der Waals surface area contributed by atoms with Gasteiger partial charge in [0.2, 0.25) is 0 Å². The van der Waals surface area contributed by atoms with Gasteiger partial charge >= 0.3 is 0 Å². The molecule has 2 fully saturated rings. The lowest BCUT2D eigenvalue weighted by atomic mass is 9.88. The average Bonchev–Trinajstić information content (AvgIpc) is 2.69. The van der Waals surface area contributed by atoms with Crippen LogP contribution in [0, 0.1) is 23.7 Å². The van der Waals surface area contributed by atoms with E-state index in [4.69, 9.17) is 0 Å². The summed E-state index contributed by atoms with van der Waals surface area (Å²) < 4.78 is 0. The maximum Gasteiger partial charge on any atom is 0.159 e. The molecule has 2 saturated carbocycles. The fraction of sp³-hybridized carbons (Fsp3) is 0.636. The highest BCUT2D eigenvalue weighted by Gasteiger charge is 2.52.